The third kappa shape index (κ3) is 5.75. The topological polar surface area (TPSA) is 55.4 Å². The van der Waals surface area contributed by atoms with Gasteiger partial charge < -0.3 is 10.1 Å². The molecular weight excluding hydrogens is 270 g/mol. The molecule has 0 saturated carbocycles. The average Bonchev–Trinajstić information content (AvgIpc) is 2.73. The van der Waals surface area contributed by atoms with Crippen LogP contribution in [0.15, 0.2) is 12.1 Å². The normalized spacial score (nSPS) is 14.2. The van der Waals surface area contributed by atoms with Gasteiger partial charge in [-0.25, -0.2) is 0 Å². The molecule has 0 saturated heterocycles. The number of thiophene rings is 1. The lowest BCUT2D eigenvalue weighted by atomic mass is 10.3. The van der Waals surface area contributed by atoms with Crippen molar-refractivity contribution >= 4 is 28.1 Å². The van der Waals surface area contributed by atoms with Gasteiger partial charge >= 0.3 is 5.97 Å². The number of methoxy groups -OCH3 is 1. The van der Waals surface area contributed by atoms with Gasteiger partial charge in [0.15, 0.2) is 0 Å². The quantitative estimate of drug-likeness (QED) is 0.769. The molecule has 102 valence electrons. The van der Waals surface area contributed by atoms with E-state index in [1.807, 2.05) is 19.1 Å². The number of nitrogens with one attached hydrogen (secondary N) is 1. The maximum atomic E-state index is 11.1. The van der Waals surface area contributed by atoms with Crippen LogP contribution in [0.4, 0.5) is 0 Å². The molecular formula is C12H19NO3S2. The highest BCUT2D eigenvalue weighted by Gasteiger charge is 2.08. The summed E-state index contributed by atoms with van der Waals surface area (Å²) < 4.78 is 15.7. The fraction of sp³-hybridized carbons (Fsp3) is 0.583. The van der Waals surface area contributed by atoms with Gasteiger partial charge in [-0.2, -0.15) is 0 Å². The molecule has 0 aliphatic rings. The van der Waals surface area contributed by atoms with E-state index in [2.05, 4.69) is 10.1 Å². The van der Waals surface area contributed by atoms with Crippen molar-refractivity contribution in [3.8, 4) is 0 Å². The third-order valence-electron chi connectivity index (χ3n) is 2.37. The van der Waals surface area contributed by atoms with Crippen molar-refractivity contribution in [3.05, 3.63) is 21.9 Å². The maximum absolute atomic E-state index is 11.1. The Labute approximate surface area is 114 Å². The zero-order valence-corrected chi connectivity index (χ0v) is 12.5. The van der Waals surface area contributed by atoms with Crippen LogP contribution in [0.1, 0.15) is 16.7 Å². The molecule has 0 aromatic carbocycles. The highest BCUT2D eigenvalue weighted by molar-refractivity contribution is 7.84. The Morgan fingerprint density at radius 1 is 1.50 bits per heavy atom. The summed E-state index contributed by atoms with van der Waals surface area (Å²) in [5.41, 5.74) is 0. The Bertz CT molecular complexity index is 417. The molecule has 1 heterocycles. The van der Waals surface area contributed by atoms with Gasteiger partial charge in [0.25, 0.3) is 0 Å². The SMILES string of the molecule is COC(=O)Cc1ccc(CNC(C)CS(C)=O)s1. The minimum absolute atomic E-state index is 0.217. The first-order valence-electron chi connectivity index (χ1n) is 5.69. The Hall–Kier alpha value is -0.720. The number of rotatable bonds is 7. The van der Waals surface area contributed by atoms with Crippen LogP contribution in [0.5, 0.6) is 0 Å². The van der Waals surface area contributed by atoms with E-state index in [1.54, 1.807) is 17.6 Å². The van der Waals surface area contributed by atoms with Crippen molar-refractivity contribution in [2.24, 2.45) is 0 Å². The average molecular weight is 289 g/mol. The second-order valence-corrected chi connectivity index (χ2v) is 6.88. The van der Waals surface area contributed by atoms with E-state index in [0.717, 1.165) is 11.4 Å². The lowest BCUT2D eigenvalue weighted by Crippen LogP contribution is -2.30. The first-order chi connectivity index (χ1) is 8.51. The zero-order valence-electron chi connectivity index (χ0n) is 10.9. The molecule has 6 heteroatoms. The lowest BCUT2D eigenvalue weighted by Gasteiger charge is -2.10. The number of ether oxygens (including phenoxy) is 1. The third-order valence-corrected chi connectivity index (χ3v) is 4.43. The molecule has 0 spiro atoms. The minimum Gasteiger partial charge on any atom is -0.469 e. The smallest absolute Gasteiger partial charge is 0.310 e. The van der Waals surface area contributed by atoms with Crippen molar-refractivity contribution in [1.82, 2.24) is 5.32 Å². The molecule has 1 aromatic rings. The second-order valence-electron chi connectivity index (χ2n) is 4.14. The first-order valence-corrected chi connectivity index (χ1v) is 8.23. The van der Waals surface area contributed by atoms with Gasteiger partial charge in [-0.3, -0.25) is 9.00 Å². The van der Waals surface area contributed by atoms with Crippen molar-refractivity contribution in [3.63, 3.8) is 0 Å². The summed E-state index contributed by atoms with van der Waals surface area (Å²) in [5.74, 6) is 0.437. The molecule has 0 aliphatic heterocycles. The van der Waals surface area contributed by atoms with E-state index in [1.165, 1.54) is 12.0 Å². The summed E-state index contributed by atoms with van der Waals surface area (Å²) in [5, 5.41) is 3.31. The standard InChI is InChI=1S/C12H19NO3S2/c1-9(8-18(3)15)13-7-11-5-4-10(17-11)6-12(14)16-2/h4-5,9,13H,6-8H2,1-3H3. The molecule has 0 radical (unpaired) electrons. The number of carbonyl (C=O) groups excluding carboxylic acids is 1. The van der Waals surface area contributed by atoms with Gasteiger partial charge in [-0.05, 0) is 19.1 Å². The van der Waals surface area contributed by atoms with Crippen LogP contribution in [0.3, 0.4) is 0 Å². The highest BCUT2D eigenvalue weighted by atomic mass is 32.2. The molecule has 0 bridgehead atoms. The highest BCUT2D eigenvalue weighted by Crippen LogP contribution is 2.17. The van der Waals surface area contributed by atoms with Crippen LogP contribution < -0.4 is 5.32 Å². The van der Waals surface area contributed by atoms with Gasteiger partial charge in [0.2, 0.25) is 0 Å². The fourth-order valence-corrected chi connectivity index (χ4v) is 3.29. The van der Waals surface area contributed by atoms with E-state index in [9.17, 15) is 9.00 Å². The predicted octanol–water partition coefficient (Wildman–Crippen LogP) is 1.32. The fourth-order valence-electron chi connectivity index (χ4n) is 1.51. The lowest BCUT2D eigenvalue weighted by molar-refractivity contribution is -0.139. The number of carbonyl (C=O) groups is 1. The Balaban J connectivity index is 2.39. The van der Waals surface area contributed by atoms with E-state index in [-0.39, 0.29) is 12.0 Å². The van der Waals surface area contributed by atoms with E-state index >= 15 is 0 Å². The van der Waals surface area contributed by atoms with Crippen molar-refractivity contribution < 1.29 is 13.7 Å². The van der Waals surface area contributed by atoms with Gasteiger partial charge in [-0.1, -0.05) is 0 Å². The van der Waals surface area contributed by atoms with Crippen molar-refractivity contribution in [1.29, 1.82) is 0 Å². The van der Waals surface area contributed by atoms with Gasteiger partial charge in [0.05, 0.1) is 13.5 Å². The monoisotopic (exact) mass is 289 g/mol. The Morgan fingerprint density at radius 3 is 2.78 bits per heavy atom. The second kappa shape index (κ2) is 7.66. The minimum atomic E-state index is -0.778. The Kier molecular flexibility index (Phi) is 6.52. The summed E-state index contributed by atoms with van der Waals surface area (Å²) >= 11 is 1.60. The van der Waals surface area contributed by atoms with Crippen LogP contribution in [-0.2, 0) is 33.3 Å². The van der Waals surface area contributed by atoms with Crippen LogP contribution in [-0.4, -0.2) is 35.3 Å². The van der Waals surface area contributed by atoms with Crippen LogP contribution in [0.25, 0.3) is 0 Å². The largest absolute Gasteiger partial charge is 0.469 e. The molecule has 18 heavy (non-hydrogen) atoms. The van der Waals surface area contributed by atoms with Crippen LogP contribution >= 0.6 is 11.3 Å². The molecule has 2 atom stereocenters. The Morgan fingerprint density at radius 2 is 2.17 bits per heavy atom. The molecule has 1 rings (SSSR count). The van der Waals surface area contributed by atoms with Crippen molar-refractivity contribution in [2.75, 3.05) is 19.1 Å². The molecule has 4 nitrogen and oxygen atoms in total. The first kappa shape index (κ1) is 15.3. The summed E-state index contributed by atoms with van der Waals surface area (Å²) in [4.78, 5) is 13.3. The van der Waals surface area contributed by atoms with Gasteiger partial charge in [0.1, 0.15) is 0 Å². The maximum Gasteiger partial charge on any atom is 0.310 e. The predicted molar refractivity (Wildman–Crippen MR) is 75.3 cm³/mol. The van der Waals surface area contributed by atoms with Gasteiger partial charge in [-0.15, -0.1) is 11.3 Å². The van der Waals surface area contributed by atoms with Crippen molar-refractivity contribution in [2.45, 2.75) is 25.9 Å². The summed E-state index contributed by atoms with van der Waals surface area (Å²) in [6.45, 7) is 2.76. The van der Waals surface area contributed by atoms with Gasteiger partial charge in [0, 0.05) is 45.1 Å². The van der Waals surface area contributed by atoms with E-state index in [0.29, 0.717) is 12.2 Å². The molecule has 0 amide bonds. The molecule has 1 N–H and O–H groups in total. The molecule has 2 unspecified atom stereocenters. The number of hydrogen-bond donors (Lipinski definition) is 1. The van der Waals surface area contributed by atoms with Crippen LogP contribution in [0, 0.1) is 0 Å². The molecule has 1 aromatic heterocycles. The summed E-state index contributed by atoms with van der Waals surface area (Å²) in [6, 6.07) is 4.18. The van der Waals surface area contributed by atoms with E-state index in [4.69, 9.17) is 0 Å². The number of esters is 1. The zero-order chi connectivity index (χ0) is 13.5. The van der Waals surface area contributed by atoms with Crippen LogP contribution in [0.2, 0.25) is 0 Å². The summed E-state index contributed by atoms with van der Waals surface area (Å²) in [6.07, 6.45) is 2.04. The number of hydrogen-bond acceptors (Lipinski definition) is 5. The molecule has 0 fully saturated rings. The molecule has 0 aliphatic carbocycles. The summed E-state index contributed by atoms with van der Waals surface area (Å²) in [7, 11) is 0.616. The van der Waals surface area contributed by atoms with E-state index < -0.39 is 10.8 Å².